The molecule has 2 atom stereocenters. The molecule has 0 spiro atoms. The van der Waals surface area contributed by atoms with E-state index in [0.717, 1.165) is 30.2 Å². The molecule has 0 radical (unpaired) electrons. The molecule has 2 aliphatic rings. The Balaban J connectivity index is 1.63. The fourth-order valence-corrected chi connectivity index (χ4v) is 4.14. The van der Waals surface area contributed by atoms with Gasteiger partial charge in [-0.15, -0.1) is 0 Å². The zero-order chi connectivity index (χ0) is 19.0. The molecule has 1 aliphatic carbocycles. The topological polar surface area (TPSA) is 63.7 Å². The molecule has 4 rings (SSSR count). The molecule has 1 aliphatic heterocycles. The third-order valence-corrected chi connectivity index (χ3v) is 5.76. The van der Waals surface area contributed by atoms with Crippen LogP contribution in [-0.2, 0) is 9.59 Å². The summed E-state index contributed by atoms with van der Waals surface area (Å²) >= 11 is 3.33. The minimum absolute atomic E-state index is 0.183. The predicted octanol–water partition coefficient (Wildman–Crippen LogP) is 4.35. The maximum Gasteiger partial charge on any atom is 0.343 e. The van der Waals surface area contributed by atoms with Crippen molar-refractivity contribution < 1.29 is 19.1 Å². The Kier molecular flexibility index (Phi) is 4.83. The fraction of sp³-hybridized carbons (Fsp3) is 0.286. The molecule has 2 fully saturated rings. The van der Waals surface area contributed by atoms with Crippen LogP contribution in [0.5, 0.6) is 5.75 Å². The van der Waals surface area contributed by atoms with Crippen molar-refractivity contribution in [1.29, 1.82) is 0 Å². The number of rotatable bonds is 3. The van der Waals surface area contributed by atoms with E-state index >= 15 is 0 Å². The molecule has 1 heterocycles. The molecule has 0 bridgehead atoms. The molecule has 2 aromatic carbocycles. The predicted molar refractivity (Wildman–Crippen MR) is 103 cm³/mol. The molecule has 0 unspecified atom stereocenters. The van der Waals surface area contributed by atoms with Crippen molar-refractivity contribution in [3.05, 3.63) is 58.6 Å². The lowest BCUT2D eigenvalue weighted by Crippen LogP contribution is -2.31. The van der Waals surface area contributed by atoms with Crippen LogP contribution in [0.15, 0.2) is 53.0 Å². The molecular weight excluding hydrogens is 410 g/mol. The lowest BCUT2D eigenvalue weighted by Gasteiger charge is -2.19. The number of carbonyl (C=O) groups is 3. The van der Waals surface area contributed by atoms with E-state index in [0.29, 0.717) is 11.3 Å². The van der Waals surface area contributed by atoms with Crippen molar-refractivity contribution in [3.8, 4) is 5.75 Å². The standard InChI is InChI=1S/C21H18BrNO4/c22-14-11-9-13(10-12-14)21(26)27-18-8-4-3-7-17(18)23-19(24)15-5-1-2-6-16(15)20(23)25/h3-4,7-12,15-16H,1-2,5-6H2/t15-,16+. The Hall–Kier alpha value is -2.47. The van der Waals surface area contributed by atoms with E-state index in [1.807, 2.05) is 0 Å². The molecule has 27 heavy (non-hydrogen) atoms. The first kappa shape index (κ1) is 17.9. The number of hydrogen-bond donors (Lipinski definition) is 0. The van der Waals surface area contributed by atoms with E-state index in [9.17, 15) is 14.4 Å². The van der Waals surface area contributed by atoms with Crippen molar-refractivity contribution in [2.75, 3.05) is 4.90 Å². The number of anilines is 1. The van der Waals surface area contributed by atoms with E-state index < -0.39 is 5.97 Å². The number of halogens is 1. The van der Waals surface area contributed by atoms with Gasteiger partial charge in [-0.1, -0.05) is 40.9 Å². The van der Waals surface area contributed by atoms with E-state index in [1.54, 1.807) is 48.5 Å². The lowest BCUT2D eigenvalue weighted by molar-refractivity contribution is -0.122. The number of hydrogen-bond acceptors (Lipinski definition) is 4. The summed E-state index contributed by atoms with van der Waals surface area (Å²) in [6.45, 7) is 0. The maximum absolute atomic E-state index is 12.9. The summed E-state index contributed by atoms with van der Waals surface area (Å²) < 4.78 is 6.39. The zero-order valence-electron chi connectivity index (χ0n) is 14.6. The van der Waals surface area contributed by atoms with Gasteiger partial charge < -0.3 is 4.74 Å². The summed E-state index contributed by atoms with van der Waals surface area (Å²) in [6.07, 6.45) is 3.42. The molecule has 138 valence electrons. The minimum atomic E-state index is -0.536. The summed E-state index contributed by atoms with van der Waals surface area (Å²) in [6, 6.07) is 13.5. The van der Waals surface area contributed by atoms with E-state index in [-0.39, 0.29) is 29.4 Å². The van der Waals surface area contributed by atoms with Crippen molar-refractivity contribution in [2.24, 2.45) is 11.8 Å². The van der Waals surface area contributed by atoms with Gasteiger partial charge in [-0.25, -0.2) is 9.69 Å². The first-order valence-electron chi connectivity index (χ1n) is 9.01. The molecule has 0 aromatic heterocycles. The van der Waals surface area contributed by atoms with Crippen LogP contribution in [0.25, 0.3) is 0 Å². The number of amides is 2. The number of esters is 1. The Labute approximate surface area is 165 Å². The number of ether oxygens (including phenoxy) is 1. The van der Waals surface area contributed by atoms with Gasteiger partial charge in [-0.05, 0) is 49.2 Å². The third-order valence-electron chi connectivity index (χ3n) is 5.23. The van der Waals surface area contributed by atoms with Crippen LogP contribution in [0.4, 0.5) is 5.69 Å². The van der Waals surface area contributed by atoms with Crippen molar-refractivity contribution in [3.63, 3.8) is 0 Å². The SMILES string of the molecule is O=C(Oc1ccccc1N1C(=O)[C@H]2CCCC[C@H]2C1=O)c1ccc(Br)cc1. The highest BCUT2D eigenvalue weighted by molar-refractivity contribution is 9.10. The molecule has 2 aromatic rings. The van der Waals surface area contributed by atoms with Crippen LogP contribution in [-0.4, -0.2) is 17.8 Å². The quantitative estimate of drug-likeness (QED) is 0.414. The monoisotopic (exact) mass is 427 g/mol. The van der Waals surface area contributed by atoms with Crippen LogP contribution < -0.4 is 9.64 Å². The number of benzene rings is 2. The van der Waals surface area contributed by atoms with Crippen molar-refractivity contribution >= 4 is 39.4 Å². The number of fused-ring (bicyclic) bond motifs is 1. The minimum Gasteiger partial charge on any atom is -0.421 e. The molecule has 1 saturated carbocycles. The molecule has 2 amide bonds. The molecule has 5 nitrogen and oxygen atoms in total. The van der Waals surface area contributed by atoms with Crippen LogP contribution in [0, 0.1) is 11.8 Å². The Morgan fingerprint density at radius 2 is 1.52 bits per heavy atom. The average molecular weight is 428 g/mol. The number of nitrogens with zero attached hydrogens (tertiary/aromatic N) is 1. The van der Waals surface area contributed by atoms with E-state index in [1.165, 1.54) is 4.90 Å². The molecule has 1 saturated heterocycles. The van der Waals surface area contributed by atoms with Gasteiger partial charge in [0, 0.05) is 4.47 Å². The van der Waals surface area contributed by atoms with E-state index in [4.69, 9.17) is 4.74 Å². The van der Waals surface area contributed by atoms with Crippen LogP contribution in [0.3, 0.4) is 0 Å². The molecule has 6 heteroatoms. The second-order valence-corrected chi connectivity index (χ2v) is 7.79. The van der Waals surface area contributed by atoms with Crippen LogP contribution in [0.2, 0.25) is 0 Å². The average Bonchev–Trinajstić information content (AvgIpc) is 2.94. The highest BCUT2D eigenvalue weighted by Crippen LogP contribution is 2.42. The van der Waals surface area contributed by atoms with Crippen molar-refractivity contribution in [1.82, 2.24) is 0 Å². The number of imide groups is 1. The zero-order valence-corrected chi connectivity index (χ0v) is 16.1. The number of para-hydroxylation sites is 2. The Morgan fingerprint density at radius 3 is 2.15 bits per heavy atom. The third kappa shape index (κ3) is 3.30. The van der Waals surface area contributed by atoms with Gasteiger partial charge in [0.15, 0.2) is 5.75 Å². The first-order valence-corrected chi connectivity index (χ1v) is 9.80. The van der Waals surface area contributed by atoms with Crippen molar-refractivity contribution in [2.45, 2.75) is 25.7 Å². The normalized spacial score (nSPS) is 21.9. The van der Waals surface area contributed by atoms with Gasteiger partial charge in [0.05, 0.1) is 23.1 Å². The Bertz CT molecular complexity index is 885. The smallest absolute Gasteiger partial charge is 0.343 e. The van der Waals surface area contributed by atoms with Gasteiger partial charge in [0.2, 0.25) is 11.8 Å². The van der Waals surface area contributed by atoms with Crippen LogP contribution in [0.1, 0.15) is 36.0 Å². The summed E-state index contributed by atoms with van der Waals surface area (Å²) in [5.41, 5.74) is 0.730. The van der Waals surface area contributed by atoms with Gasteiger partial charge in [-0.3, -0.25) is 9.59 Å². The fourth-order valence-electron chi connectivity index (χ4n) is 3.87. The highest BCUT2D eigenvalue weighted by atomic mass is 79.9. The first-order chi connectivity index (χ1) is 13.1. The highest BCUT2D eigenvalue weighted by Gasteiger charge is 2.49. The Morgan fingerprint density at radius 1 is 0.926 bits per heavy atom. The summed E-state index contributed by atoms with van der Waals surface area (Å²) in [4.78, 5) is 39.4. The van der Waals surface area contributed by atoms with Gasteiger partial charge in [0.25, 0.3) is 0 Å². The molecule has 0 N–H and O–H groups in total. The lowest BCUT2D eigenvalue weighted by atomic mass is 9.81. The van der Waals surface area contributed by atoms with Crippen LogP contribution >= 0.6 is 15.9 Å². The van der Waals surface area contributed by atoms with E-state index in [2.05, 4.69) is 15.9 Å². The maximum atomic E-state index is 12.9. The van der Waals surface area contributed by atoms with Gasteiger partial charge in [0.1, 0.15) is 0 Å². The summed E-state index contributed by atoms with van der Waals surface area (Å²) in [7, 11) is 0. The second-order valence-electron chi connectivity index (χ2n) is 6.87. The molecular formula is C21H18BrNO4. The van der Waals surface area contributed by atoms with Gasteiger partial charge >= 0.3 is 5.97 Å². The summed E-state index contributed by atoms with van der Waals surface area (Å²) in [5.74, 6) is -1.19. The number of carbonyl (C=O) groups excluding carboxylic acids is 3. The second kappa shape index (κ2) is 7.27. The van der Waals surface area contributed by atoms with Gasteiger partial charge in [-0.2, -0.15) is 0 Å². The largest absolute Gasteiger partial charge is 0.421 e. The summed E-state index contributed by atoms with van der Waals surface area (Å²) in [5, 5.41) is 0.